The van der Waals surface area contributed by atoms with Crippen LogP contribution in [0.2, 0.25) is 0 Å². The third kappa shape index (κ3) is 13.0. The molecular formula is C30H55ClMgN4O11S2. The van der Waals surface area contributed by atoms with Gasteiger partial charge in [0, 0.05) is 41.5 Å². The molecule has 5 aliphatic heterocycles. The van der Waals surface area contributed by atoms with Gasteiger partial charge in [0.2, 0.25) is 0 Å². The van der Waals surface area contributed by atoms with Crippen molar-refractivity contribution in [3.8, 4) is 0 Å². The van der Waals surface area contributed by atoms with Crippen molar-refractivity contribution in [3.05, 3.63) is 7.43 Å². The second-order valence-electron chi connectivity index (χ2n) is 12.5. The summed E-state index contributed by atoms with van der Waals surface area (Å²) in [7, 11) is 6.29. The van der Waals surface area contributed by atoms with Crippen LogP contribution in [0.3, 0.4) is 0 Å². The van der Waals surface area contributed by atoms with E-state index in [1.165, 1.54) is 48.4 Å². The zero-order valence-electron chi connectivity index (χ0n) is 30.1. The van der Waals surface area contributed by atoms with E-state index in [0.29, 0.717) is 5.17 Å². The summed E-state index contributed by atoms with van der Waals surface area (Å²) in [5, 5.41) is 44.8. The van der Waals surface area contributed by atoms with Crippen molar-refractivity contribution in [2.75, 3.05) is 41.5 Å². The SMILES string of the molecule is C1CCOC1.CN=C1N[C@@H]2[C@@H](O)[C@H](O)[C@@H]([C@H](C)OC)O[C@@H]2S1.CO[C@@H](C)[C@H]1O[C@@H]2SC(N(C)C(=O)OC(C)(C)C)=N[C@@H]2[C@@H](O)[C@@H]1O.[CH3-].[Cl-].[Mg+2]. The minimum Gasteiger partial charge on any atom is -1.00 e. The van der Waals surface area contributed by atoms with E-state index >= 15 is 0 Å². The van der Waals surface area contributed by atoms with Gasteiger partial charge < -0.3 is 74.0 Å². The Morgan fingerprint density at radius 2 is 1.47 bits per heavy atom. The molecule has 5 rings (SSSR count). The van der Waals surface area contributed by atoms with E-state index in [-0.39, 0.29) is 66.6 Å². The van der Waals surface area contributed by atoms with Crippen LogP contribution in [-0.4, -0.2) is 184 Å². The second kappa shape index (κ2) is 22.1. The number of thioether (sulfide) groups is 2. The fourth-order valence-corrected chi connectivity index (χ4v) is 7.30. The fourth-order valence-electron chi connectivity index (χ4n) is 5.05. The molecule has 0 radical (unpaired) electrons. The molecule has 0 saturated carbocycles. The number of carbonyl (C=O) groups excluding carboxylic acids is 1. The van der Waals surface area contributed by atoms with E-state index in [9.17, 15) is 25.2 Å². The maximum absolute atomic E-state index is 12.2. The number of nitrogens with zero attached hydrogens (tertiary/aromatic N) is 3. The van der Waals surface area contributed by atoms with Gasteiger partial charge in [-0.2, -0.15) is 0 Å². The Morgan fingerprint density at radius 1 is 0.959 bits per heavy atom. The molecule has 0 aromatic rings. The zero-order valence-corrected chi connectivity index (χ0v) is 33.9. The second-order valence-corrected chi connectivity index (χ2v) is 14.6. The largest absolute Gasteiger partial charge is 2.00 e. The maximum atomic E-state index is 12.2. The Hall–Kier alpha value is -0.194. The molecule has 5 N–H and O–H groups in total. The summed E-state index contributed by atoms with van der Waals surface area (Å²) in [5.41, 5.74) is -1.35. The summed E-state index contributed by atoms with van der Waals surface area (Å²) in [4.78, 5) is 21.8. The molecule has 15 nitrogen and oxygen atoms in total. The van der Waals surface area contributed by atoms with Gasteiger partial charge in [-0.3, -0.25) is 14.9 Å². The average Bonchev–Trinajstić information content (AvgIpc) is 3.81. The predicted octanol–water partition coefficient (Wildman–Crippen LogP) is -2.16. The van der Waals surface area contributed by atoms with Gasteiger partial charge in [-0.05, 0) is 47.5 Å². The molecule has 12 atom stereocenters. The first-order valence-electron chi connectivity index (χ1n) is 15.4. The molecule has 1 amide bonds. The molecule has 5 aliphatic rings. The number of rotatable bonds is 4. The fraction of sp³-hybridized carbons (Fsp3) is 0.867. The van der Waals surface area contributed by atoms with Crippen molar-refractivity contribution in [1.29, 1.82) is 0 Å². The third-order valence-electron chi connectivity index (χ3n) is 7.90. The summed E-state index contributed by atoms with van der Waals surface area (Å²) in [6.07, 6.45) is -3.89. The van der Waals surface area contributed by atoms with Crippen LogP contribution in [0, 0.1) is 7.43 Å². The minimum atomic E-state index is -1.11. The van der Waals surface area contributed by atoms with Crippen molar-refractivity contribution in [1.82, 2.24) is 10.2 Å². The van der Waals surface area contributed by atoms with Crippen LogP contribution in [0.25, 0.3) is 0 Å². The van der Waals surface area contributed by atoms with Crippen molar-refractivity contribution in [2.45, 2.75) is 125 Å². The molecule has 0 unspecified atom stereocenters. The first-order valence-corrected chi connectivity index (χ1v) is 17.2. The Kier molecular flexibility index (Phi) is 22.0. The number of carbonyl (C=O) groups is 1. The van der Waals surface area contributed by atoms with E-state index in [2.05, 4.69) is 15.3 Å². The molecule has 282 valence electrons. The van der Waals surface area contributed by atoms with E-state index in [4.69, 9.17) is 28.4 Å². The first-order chi connectivity index (χ1) is 21.6. The molecule has 0 spiro atoms. The van der Waals surface area contributed by atoms with Crippen LogP contribution in [0.4, 0.5) is 4.79 Å². The quantitative estimate of drug-likeness (QED) is 0.153. The topological polar surface area (TPSA) is 193 Å². The maximum Gasteiger partial charge on any atom is 2.00 e. The molecule has 0 aromatic carbocycles. The molecule has 0 bridgehead atoms. The van der Waals surface area contributed by atoms with Crippen molar-refractivity contribution in [3.63, 3.8) is 0 Å². The Labute approximate surface area is 321 Å². The number of ether oxygens (including phenoxy) is 6. The minimum absolute atomic E-state index is 0. The van der Waals surface area contributed by atoms with E-state index < -0.39 is 59.8 Å². The van der Waals surface area contributed by atoms with Crippen LogP contribution in [0.15, 0.2) is 9.98 Å². The number of hydrogen-bond donors (Lipinski definition) is 5. The first kappa shape index (κ1) is 48.8. The van der Waals surface area contributed by atoms with Crippen LogP contribution in [-0.2, 0) is 28.4 Å². The number of nitrogens with one attached hydrogen (secondary N) is 1. The van der Waals surface area contributed by atoms with E-state index in [0.717, 1.165) is 18.4 Å². The van der Waals surface area contributed by atoms with E-state index in [1.807, 2.05) is 6.92 Å². The summed E-state index contributed by atoms with van der Waals surface area (Å²) < 4.78 is 32.2. The van der Waals surface area contributed by atoms with Crippen molar-refractivity contribution >= 4 is 63.0 Å². The Balaban J connectivity index is 0.000000805. The number of halogens is 1. The van der Waals surface area contributed by atoms with Gasteiger partial charge in [0.1, 0.15) is 59.1 Å². The monoisotopic (exact) mass is 770 g/mol. The predicted molar refractivity (Wildman–Crippen MR) is 187 cm³/mol. The average molecular weight is 772 g/mol. The van der Waals surface area contributed by atoms with Gasteiger partial charge in [0.05, 0.1) is 18.2 Å². The van der Waals surface area contributed by atoms with Crippen LogP contribution < -0.4 is 17.7 Å². The normalized spacial score (nSPS) is 35.0. The number of hydrogen-bond acceptors (Lipinski definition) is 15. The van der Waals surface area contributed by atoms with Crippen LogP contribution in [0.1, 0.15) is 47.5 Å². The number of amidine groups is 2. The van der Waals surface area contributed by atoms with Gasteiger partial charge in [-0.25, -0.2) is 4.79 Å². The van der Waals surface area contributed by atoms with Gasteiger partial charge in [0.25, 0.3) is 0 Å². The summed E-state index contributed by atoms with van der Waals surface area (Å²) in [6.45, 7) is 10.9. The molecule has 19 heteroatoms. The number of methoxy groups -OCH3 is 2. The molecular weight excluding hydrogens is 716 g/mol. The van der Waals surface area contributed by atoms with E-state index in [1.54, 1.807) is 48.9 Å². The smallest absolute Gasteiger partial charge is 1.00 e. The van der Waals surface area contributed by atoms with Gasteiger partial charge in [0.15, 0.2) is 10.3 Å². The Bertz CT molecular complexity index is 1050. The van der Waals surface area contributed by atoms with Gasteiger partial charge in [-0.1, -0.05) is 23.5 Å². The van der Waals surface area contributed by atoms with Crippen LogP contribution >= 0.6 is 23.5 Å². The summed E-state index contributed by atoms with van der Waals surface area (Å²) in [5.74, 6) is 0. The molecule has 0 aromatic heterocycles. The molecule has 5 heterocycles. The Morgan fingerprint density at radius 3 is 1.92 bits per heavy atom. The van der Waals surface area contributed by atoms with Gasteiger partial charge in [-0.15, -0.1) is 0 Å². The standard InChI is InChI=1S/C15H26N2O6S.C10H18N2O4S.C4H8O.CH3.ClH.Mg/c1-7(21-6)11-10(19)9(18)8-12(22-11)24-13(16-8)17(5)14(20)23-15(2,3)4;1-4(15-3)8-7(14)6(13)5-9(16-8)17-10(11-2)12-5;1-2-4-5-3-1;;;/h7-12,18-19H,1-6H3;4-9,13-14H,1-3H3,(H,11,12);1-4H2;1H3;1H;/q;;;-1;;+2/p-1/t7-,8+,9+,10-,11+,12+;4-,5+,6+,7-,8+,9+;;;;/m00..../s1. The molecule has 4 saturated heterocycles. The number of fused-ring (bicyclic) bond motifs is 2. The third-order valence-corrected chi connectivity index (χ3v) is 10.3. The van der Waals surface area contributed by atoms with Crippen LogP contribution in [0.5, 0.6) is 0 Å². The molecule has 0 aliphatic carbocycles. The summed E-state index contributed by atoms with van der Waals surface area (Å²) >= 11 is 2.64. The molecule has 4 fully saturated rings. The molecule has 49 heavy (non-hydrogen) atoms. The number of aliphatic hydroxyl groups is 4. The van der Waals surface area contributed by atoms with Gasteiger partial charge >= 0.3 is 29.1 Å². The zero-order chi connectivity index (χ0) is 34.3. The number of aliphatic imine (C=N–C) groups is 2. The van der Waals surface area contributed by atoms with Crippen molar-refractivity contribution in [2.24, 2.45) is 9.98 Å². The number of amides is 1. The number of aliphatic hydroxyl groups excluding tert-OH is 4. The van der Waals surface area contributed by atoms with Crippen molar-refractivity contribution < 1.29 is 66.0 Å². The summed E-state index contributed by atoms with van der Waals surface area (Å²) in [6, 6.07) is -0.973.